The van der Waals surface area contributed by atoms with Crippen molar-refractivity contribution in [3.8, 4) is 29.4 Å². The number of carboxylic acids is 1. The van der Waals surface area contributed by atoms with Gasteiger partial charge in [0.05, 0.1) is 52.7 Å². The number of rotatable bonds is 10. The number of carboxylic acid groups (broad SMARTS) is 1. The van der Waals surface area contributed by atoms with Gasteiger partial charge in [-0.2, -0.15) is 10.5 Å². The Hall–Kier alpha value is -5.85. The first-order chi connectivity index (χ1) is 21.8. The number of hydrogen-bond donors (Lipinski definition) is 1. The molecule has 3 aromatic carbocycles. The predicted octanol–water partition coefficient (Wildman–Crippen LogP) is 5.90. The largest absolute Gasteiger partial charge is 0.484 e. The Bertz CT molecular complexity index is 2030. The number of hydrogen-bond acceptors (Lipinski definition) is 8. The Labute approximate surface area is 255 Å². The zero-order valence-electron chi connectivity index (χ0n) is 23.5. The van der Waals surface area contributed by atoms with Crippen LogP contribution < -0.4 is 9.47 Å². The van der Waals surface area contributed by atoms with E-state index in [9.17, 15) is 23.9 Å². The summed E-state index contributed by atoms with van der Waals surface area (Å²) >= 11 is 0. The Balaban J connectivity index is 1.22. The highest BCUT2D eigenvalue weighted by molar-refractivity contribution is 5.92. The molecule has 1 fully saturated rings. The maximum absolute atomic E-state index is 14.9. The maximum Gasteiger partial charge on any atom is 0.335 e. The summed E-state index contributed by atoms with van der Waals surface area (Å²) in [6, 6.07) is 18.5. The number of nitriles is 2. The number of ether oxygens (including phenoxy) is 3. The second-order valence-electron chi connectivity index (χ2n) is 10.3. The SMILES string of the molecule is N#Cc1ccc(OCc2cc(Oc3ccc(Cc4nc5c(F)cc(C(=O)O)cc5n4CC4CCO4)c(C#N)c3)ccn2)c(F)c1. The molecule has 6 rings (SSSR count). The summed E-state index contributed by atoms with van der Waals surface area (Å²) in [6.45, 7) is 0.927. The van der Waals surface area contributed by atoms with Crippen molar-refractivity contribution in [1.29, 1.82) is 10.5 Å². The Morgan fingerprint density at radius 3 is 2.58 bits per heavy atom. The minimum atomic E-state index is -1.25. The van der Waals surface area contributed by atoms with Crippen LogP contribution in [0.1, 0.15) is 45.0 Å². The lowest BCUT2D eigenvalue weighted by Gasteiger charge is -2.27. The molecular formula is C33H23F2N5O5. The Kier molecular flexibility index (Phi) is 8.06. The molecular weight excluding hydrogens is 584 g/mol. The van der Waals surface area contributed by atoms with E-state index in [0.29, 0.717) is 52.8 Å². The van der Waals surface area contributed by atoms with Crippen LogP contribution in [0, 0.1) is 34.3 Å². The minimum Gasteiger partial charge on any atom is -0.484 e. The van der Waals surface area contributed by atoms with Crippen molar-refractivity contribution in [1.82, 2.24) is 14.5 Å². The zero-order valence-corrected chi connectivity index (χ0v) is 23.5. The topological polar surface area (TPSA) is 143 Å². The van der Waals surface area contributed by atoms with Gasteiger partial charge < -0.3 is 23.9 Å². The highest BCUT2D eigenvalue weighted by Crippen LogP contribution is 2.29. The van der Waals surface area contributed by atoms with Crippen LogP contribution in [0.15, 0.2) is 66.9 Å². The summed E-state index contributed by atoms with van der Waals surface area (Å²) in [6.07, 6.45) is 2.39. The van der Waals surface area contributed by atoms with Crippen LogP contribution in [0.5, 0.6) is 17.2 Å². The number of halogens is 2. The monoisotopic (exact) mass is 607 g/mol. The van der Waals surface area contributed by atoms with Crippen LogP contribution in [0.25, 0.3) is 11.0 Å². The lowest BCUT2D eigenvalue weighted by molar-refractivity contribution is -0.0589. The van der Waals surface area contributed by atoms with E-state index in [1.54, 1.807) is 34.9 Å². The lowest BCUT2D eigenvalue weighted by Crippen LogP contribution is -2.31. The molecule has 0 amide bonds. The fraction of sp³-hybridized carbons (Fsp3) is 0.182. The van der Waals surface area contributed by atoms with E-state index in [2.05, 4.69) is 16.0 Å². The van der Waals surface area contributed by atoms with Gasteiger partial charge in [0.2, 0.25) is 0 Å². The summed E-state index contributed by atoms with van der Waals surface area (Å²) in [5.74, 6) is -1.42. The van der Waals surface area contributed by atoms with Gasteiger partial charge in [-0.1, -0.05) is 6.07 Å². The van der Waals surface area contributed by atoms with Crippen LogP contribution in [-0.2, 0) is 24.3 Å². The number of aromatic nitrogens is 3. The summed E-state index contributed by atoms with van der Waals surface area (Å²) in [5, 5.41) is 28.3. The van der Waals surface area contributed by atoms with E-state index in [0.717, 1.165) is 18.6 Å². The number of imidazole rings is 1. The highest BCUT2D eigenvalue weighted by Gasteiger charge is 2.24. The van der Waals surface area contributed by atoms with Crippen LogP contribution in [0.2, 0.25) is 0 Å². The third-order valence-corrected chi connectivity index (χ3v) is 7.32. The Morgan fingerprint density at radius 2 is 1.87 bits per heavy atom. The molecule has 45 heavy (non-hydrogen) atoms. The highest BCUT2D eigenvalue weighted by atomic mass is 19.1. The molecule has 12 heteroatoms. The molecule has 3 heterocycles. The van der Waals surface area contributed by atoms with Gasteiger partial charge >= 0.3 is 5.97 Å². The predicted molar refractivity (Wildman–Crippen MR) is 155 cm³/mol. The van der Waals surface area contributed by atoms with E-state index in [1.165, 1.54) is 24.4 Å². The van der Waals surface area contributed by atoms with Crippen LogP contribution >= 0.6 is 0 Å². The quantitative estimate of drug-likeness (QED) is 0.205. The number of aromatic carboxylic acids is 1. The van der Waals surface area contributed by atoms with Gasteiger partial charge in [-0.25, -0.2) is 18.6 Å². The average molecular weight is 608 g/mol. The molecule has 224 valence electrons. The molecule has 0 bridgehead atoms. The van der Waals surface area contributed by atoms with Gasteiger partial charge in [-0.15, -0.1) is 0 Å². The molecule has 5 aromatic rings. The van der Waals surface area contributed by atoms with Crippen molar-refractivity contribution in [3.63, 3.8) is 0 Å². The molecule has 1 atom stereocenters. The number of pyridine rings is 1. The first-order valence-electron chi connectivity index (χ1n) is 13.8. The van der Waals surface area contributed by atoms with Crippen molar-refractivity contribution in [2.24, 2.45) is 0 Å². The molecule has 10 nitrogen and oxygen atoms in total. The molecule has 1 unspecified atom stereocenters. The zero-order chi connectivity index (χ0) is 31.5. The molecule has 0 aliphatic carbocycles. The summed E-state index contributed by atoms with van der Waals surface area (Å²) in [7, 11) is 0. The van der Waals surface area contributed by atoms with Gasteiger partial charge in [0.1, 0.15) is 29.4 Å². The maximum atomic E-state index is 14.9. The molecule has 0 spiro atoms. The molecule has 1 saturated heterocycles. The first-order valence-corrected chi connectivity index (χ1v) is 13.8. The summed E-state index contributed by atoms with van der Waals surface area (Å²) < 4.78 is 47.9. The van der Waals surface area contributed by atoms with Gasteiger partial charge in [-0.05, 0) is 60.5 Å². The standard InChI is InChI=1S/C33H23F2N5O5/c34-27-9-19(15-36)1-4-30(27)44-18-23-14-25(5-7-38-23)45-24-3-2-20(22(10-24)16-37)13-31-39-32-28(35)11-21(33(41)42)12-29(32)40(31)17-26-6-8-43-26/h1-5,7,9-12,14,26H,6,8,13,17-18H2,(H,41,42). The minimum absolute atomic E-state index is 0.0184. The van der Waals surface area contributed by atoms with E-state index in [-0.39, 0.29) is 41.5 Å². The fourth-order valence-corrected chi connectivity index (χ4v) is 4.95. The van der Waals surface area contributed by atoms with Crippen LogP contribution in [0.4, 0.5) is 8.78 Å². The third kappa shape index (κ3) is 6.27. The van der Waals surface area contributed by atoms with Crippen molar-refractivity contribution >= 4 is 17.0 Å². The van der Waals surface area contributed by atoms with Crippen LogP contribution in [0.3, 0.4) is 0 Å². The Morgan fingerprint density at radius 1 is 1.04 bits per heavy atom. The number of fused-ring (bicyclic) bond motifs is 1. The number of carbonyl (C=O) groups is 1. The second-order valence-corrected chi connectivity index (χ2v) is 10.3. The molecule has 2 aromatic heterocycles. The number of benzene rings is 3. The van der Waals surface area contributed by atoms with Crippen molar-refractivity contribution in [3.05, 3.63) is 112 Å². The smallest absolute Gasteiger partial charge is 0.335 e. The lowest BCUT2D eigenvalue weighted by atomic mass is 10.0. The van der Waals surface area contributed by atoms with Gasteiger partial charge in [0.15, 0.2) is 17.4 Å². The fourth-order valence-electron chi connectivity index (χ4n) is 4.95. The summed E-state index contributed by atoms with van der Waals surface area (Å²) in [4.78, 5) is 20.3. The molecule has 1 N–H and O–H groups in total. The third-order valence-electron chi connectivity index (χ3n) is 7.32. The van der Waals surface area contributed by atoms with E-state index >= 15 is 0 Å². The van der Waals surface area contributed by atoms with Crippen molar-refractivity contribution in [2.75, 3.05) is 6.61 Å². The van der Waals surface area contributed by atoms with E-state index in [1.807, 2.05) is 6.07 Å². The van der Waals surface area contributed by atoms with Crippen LogP contribution in [-0.4, -0.2) is 38.3 Å². The second kappa shape index (κ2) is 12.4. The van der Waals surface area contributed by atoms with Crippen molar-refractivity contribution < 1.29 is 32.9 Å². The van der Waals surface area contributed by atoms with E-state index in [4.69, 9.17) is 19.5 Å². The summed E-state index contributed by atoms with van der Waals surface area (Å²) in [5.41, 5.74) is 1.77. The molecule has 1 aliphatic rings. The molecule has 0 saturated carbocycles. The molecule has 1 aliphatic heterocycles. The van der Waals surface area contributed by atoms with E-state index < -0.39 is 17.6 Å². The average Bonchev–Trinajstić information content (AvgIpc) is 3.36. The molecule has 0 radical (unpaired) electrons. The van der Waals surface area contributed by atoms with Gasteiger partial charge in [-0.3, -0.25) is 4.98 Å². The normalized spacial score (nSPS) is 13.9. The van der Waals surface area contributed by atoms with Gasteiger partial charge in [0, 0.05) is 25.3 Å². The van der Waals surface area contributed by atoms with Crippen molar-refractivity contribution in [2.45, 2.75) is 32.1 Å². The first kappa shape index (κ1) is 29.2. The van der Waals surface area contributed by atoms with Gasteiger partial charge in [0.25, 0.3) is 0 Å². The number of nitrogens with zero attached hydrogens (tertiary/aromatic N) is 5.